The summed E-state index contributed by atoms with van der Waals surface area (Å²) in [6.45, 7) is 2.40. The van der Waals surface area contributed by atoms with E-state index in [0.717, 1.165) is 10.6 Å². The van der Waals surface area contributed by atoms with Gasteiger partial charge in [0.05, 0.1) is 21.1 Å². The highest BCUT2D eigenvalue weighted by Crippen LogP contribution is 2.25. The molecule has 0 saturated carbocycles. The zero-order valence-corrected chi connectivity index (χ0v) is 15.0. The van der Waals surface area contributed by atoms with Crippen LogP contribution in [0.15, 0.2) is 23.6 Å². The summed E-state index contributed by atoms with van der Waals surface area (Å²) < 4.78 is 0. The van der Waals surface area contributed by atoms with Crippen molar-refractivity contribution in [1.82, 2.24) is 10.3 Å². The van der Waals surface area contributed by atoms with Gasteiger partial charge in [-0.2, -0.15) is 0 Å². The van der Waals surface area contributed by atoms with Crippen LogP contribution in [0.25, 0.3) is 0 Å². The summed E-state index contributed by atoms with van der Waals surface area (Å²) in [5, 5.41) is 6.45. The molecule has 0 saturated heterocycles. The molecule has 22 heavy (non-hydrogen) atoms. The smallest absolute Gasteiger partial charge is 0.271 e. The van der Waals surface area contributed by atoms with Gasteiger partial charge in [-0.1, -0.05) is 29.3 Å². The van der Waals surface area contributed by atoms with Crippen molar-refractivity contribution < 1.29 is 4.79 Å². The first kappa shape index (κ1) is 19.2. The summed E-state index contributed by atoms with van der Waals surface area (Å²) >= 11 is 13.3. The summed E-state index contributed by atoms with van der Waals surface area (Å²) in [6.07, 6.45) is 0.681. The Kier molecular flexibility index (Phi) is 7.59. The number of benzene rings is 1. The molecule has 8 heteroatoms. The molecule has 1 atom stereocenters. The maximum absolute atomic E-state index is 12.1. The van der Waals surface area contributed by atoms with Crippen molar-refractivity contribution in [1.29, 1.82) is 0 Å². The first-order valence-corrected chi connectivity index (χ1v) is 8.05. The molecule has 4 nitrogen and oxygen atoms in total. The molecule has 3 N–H and O–H groups in total. The highest BCUT2D eigenvalue weighted by molar-refractivity contribution is 7.09. The van der Waals surface area contributed by atoms with E-state index >= 15 is 0 Å². The van der Waals surface area contributed by atoms with E-state index in [2.05, 4.69) is 10.3 Å². The van der Waals surface area contributed by atoms with Crippen molar-refractivity contribution in [3.05, 3.63) is 49.9 Å². The third-order valence-corrected chi connectivity index (χ3v) is 4.58. The molecule has 0 aliphatic heterocycles. The van der Waals surface area contributed by atoms with Crippen molar-refractivity contribution >= 4 is 52.9 Å². The normalized spacial score (nSPS) is 11.6. The van der Waals surface area contributed by atoms with Gasteiger partial charge in [-0.3, -0.25) is 4.79 Å². The molecule has 0 aliphatic carbocycles. The lowest BCUT2D eigenvalue weighted by Gasteiger charge is -2.14. The lowest BCUT2D eigenvalue weighted by atomic mass is 10.1. The Hall–Kier alpha value is -0.850. The molecule has 120 valence electrons. The van der Waals surface area contributed by atoms with Gasteiger partial charge in [0.2, 0.25) is 0 Å². The molecular weight excluding hydrogens is 365 g/mol. The minimum absolute atomic E-state index is 0. The summed E-state index contributed by atoms with van der Waals surface area (Å²) in [4.78, 5) is 16.4. The number of carbonyl (C=O) groups excluding carboxylic acids is 1. The minimum atomic E-state index is -0.215. The van der Waals surface area contributed by atoms with Crippen LogP contribution in [0.4, 0.5) is 0 Å². The van der Waals surface area contributed by atoms with E-state index in [9.17, 15) is 4.79 Å². The van der Waals surface area contributed by atoms with Crippen LogP contribution >= 0.6 is 46.9 Å². The average molecular weight is 381 g/mol. The first-order chi connectivity index (χ1) is 10.0. The van der Waals surface area contributed by atoms with Gasteiger partial charge in [-0.25, -0.2) is 4.98 Å². The number of carbonyl (C=O) groups is 1. The topological polar surface area (TPSA) is 68.0 Å². The Morgan fingerprint density at radius 3 is 2.77 bits per heavy atom. The Bertz CT molecular complexity index is 648. The number of nitrogens with one attached hydrogen (secondary N) is 1. The molecule has 0 aliphatic rings. The predicted octanol–water partition coefficient (Wildman–Crippen LogP) is 3.86. The minimum Gasteiger partial charge on any atom is -0.344 e. The maximum atomic E-state index is 12.1. The Morgan fingerprint density at radius 1 is 1.41 bits per heavy atom. The quantitative estimate of drug-likeness (QED) is 0.827. The van der Waals surface area contributed by atoms with Gasteiger partial charge in [-0.15, -0.1) is 23.7 Å². The fourth-order valence-electron chi connectivity index (χ4n) is 1.79. The SMILES string of the molecule is CC(NC(=O)c1csc(CCN)n1)c1ccc(Cl)c(Cl)c1.Cl. The number of rotatable bonds is 5. The van der Waals surface area contributed by atoms with E-state index in [-0.39, 0.29) is 24.4 Å². The Labute approximate surface area is 149 Å². The maximum Gasteiger partial charge on any atom is 0.271 e. The molecule has 0 radical (unpaired) electrons. The van der Waals surface area contributed by atoms with Gasteiger partial charge in [0.25, 0.3) is 5.91 Å². The number of aromatic nitrogens is 1. The molecule has 1 heterocycles. The molecule has 0 spiro atoms. The van der Waals surface area contributed by atoms with Crippen LogP contribution < -0.4 is 11.1 Å². The molecule has 0 bridgehead atoms. The zero-order chi connectivity index (χ0) is 15.4. The predicted molar refractivity (Wildman–Crippen MR) is 94.5 cm³/mol. The van der Waals surface area contributed by atoms with Gasteiger partial charge in [0, 0.05) is 11.8 Å². The number of halogens is 3. The van der Waals surface area contributed by atoms with E-state index in [0.29, 0.717) is 28.7 Å². The lowest BCUT2D eigenvalue weighted by molar-refractivity contribution is 0.0935. The summed E-state index contributed by atoms with van der Waals surface area (Å²) in [7, 11) is 0. The summed E-state index contributed by atoms with van der Waals surface area (Å²) in [5.74, 6) is -0.215. The largest absolute Gasteiger partial charge is 0.344 e. The van der Waals surface area contributed by atoms with E-state index in [1.165, 1.54) is 11.3 Å². The average Bonchev–Trinajstić information content (AvgIpc) is 2.91. The lowest BCUT2D eigenvalue weighted by Crippen LogP contribution is -2.27. The van der Waals surface area contributed by atoms with Crippen LogP contribution in [0.5, 0.6) is 0 Å². The molecule has 1 amide bonds. The molecule has 0 fully saturated rings. The van der Waals surface area contributed by atoms with Crippen LogP contribution in [0.3, 0.4) is 0 Å². The fraction of sp³-hybridized carbons (Fsp3) is 0.286. The standard InChI is InChI=1S/C14H15Cl2N3OS.ClH/c1-8(9-2-3-10(15)11(16)6-9)18-14(20)12-7-21-13(19-12)4-5-17;/h2-3,6-8H,4-5,17H2,1H3,(H,18,20);1H. The molecule has 1 aromatic carbocycles. The van der Waals surface area contributed by atoms with Crippen LogP contribution in [-0.4, -0.2) is 17.4 Å². The number of amides is 1. The number of hydrogen-bond acceptors (Lipinski definition) is 4. The molecule has 2 rings (SSSR count). The third-order valence-electron chi connectivity index (χ3n) is 2.93. The Morgan fingerprint density at radius 2 is 2.14 bits per heavy atom. The van der Waals surface area contributed by atoms with Crippen LogP contribution in [0.1, 0.15) is 34.0 Å². The van der Waals surface area contributed by atoms with Crippen molar-refractivity contribution in [2.24, 2.45) is 5.73 Å². The highest BCUT2D eigenvalue weighted by atomic mass is 35.5. The second-order valence-corrected chi connectivity index (χ2v) is 6.29. The van der Waals surface area contributed by atoms with E-state index < -0.39 is 0 Å². The van der Waals surface area contributed by atoms with Crippen LogP contribution in [0.2, 0.25) is 10.0 Å². The molecule has 1 aromatic heterocycles. The van der Waals surface area contributed by atoms with E-state index in [4.69, 9.17) is 28.9 Å². The van der Waals surface area contributed by atoms with Crippen LogP contribution in [-0.2, 0) is 6.42 Å². The zero-order valence-electron chi connectivity index (χ0n) is 11.8. The van der Waals surface area contributed by atoms with Gasteiger partial charge < -0.3 is 11.1 Å². The molecule has 1 unspecified atom stereocenters. The second-order valence-electron chi connectivity index (χ2n) is 4.53. The second kappa shape index (κ2) is 8.70. The third kappa shape index (κ3) is 4.83. The van der Waals surface area contributed by atoms with Gasteiger partial charge in [-0.05, 0) is 31.2 Å². The van der Waals surface area contributed by atoms with Crippen molar-refractivity contribution in [2.45, 2.75) is 19.4 Å². The van der Waals surface area contributed by atoms with Gasteiger partial charge >= 0.3 is 0 Å². The number of nitrogens with zero attached hydrogens (tertiary/aromatic N) is 1. The van der Waals surface area contributed by atoms with Crippen molar-refractivity contribution in [3.63, 3.8) is 0 Å². The number of nitrogens with two attached hydrogens (primary N) is 1. The fourth-order valence-corrected chi connectivity index (χ4v) is 2.89. The number of hydrogen-bond donors (Lipinski definition) is 2. The van der Waals surface area contributed by atoms with Gasteiger partial charge in [0.1, 0.15) is 5.69 Å². The molecular formula is C14H16Cl3N3OS. The molecule has 2 aromatic rings. The van der Waals surface area contributed by atoms with E-state index in [1.54, 1.807) is 17.5 Å². The van der Waals surface area contributed by atoms with Crippen molar-refractivity contribution in [2.75, 3.05) is 6.54 Å². The van der Waals surface area contributed by atoms with Gasteiger partial charge in [0.15, 0.2) is 0 Å². The highest BCUT2D eigenvalue weighted by Gasteiger charge is 2.15. The Balaban J connectivity index is 0.00000242. The van der Waals surface area contributed by atoms with Crippen LogP contribution in [0, 0.1) is 0 Å². The van der Waals surface area contributed by atoms with E-state index in [1.807, 2.05) is 13.0 Å². The number of thiazole rings is 1. The summed E-state index contributed by atoms with van der Waals surface area (Å²) in [6, 6.07) is 5.10. The first-order valence-electron chi connectivity index (χ1n) is 6.41. The summed E-state index contributed by atoms with van der Waals surface area (Å²) in [5.41, 5.74) is 6.77. The van der Waals surface area contributed by atoms with Crippen molar-refractivity contribution in [3.8, 4) is 0 Å². The monoisotopic (exact) mass is 379 g/mol.